The summed E-state index contributed by atoms with van der Waals surface area (Å²) in [6.07, 6.45) is 2.21. The highest BCUT2D eigenvalue weighted by molar-refractivity contribution is 5.69. The van der Waals surface area contributed by atoms with Crippen molar-refractivity contribution in [3.63, 3.8) is 0 Å². The number of nitrogens with one attached hydrogen (secondary N) is 1. The van der Waals surface area contributed by atoms with Gasteiger partial charge in [0.1, 0.15) is 6.61 Å². The van der Waals surface area contributed by atoms with Crippen LogP contribution in [0.3, 0.4) is 0 Å². The maximum absolute atomic E-state index is 12.5. The molecule has 0 aliphatic carbocycles. The largest absolute Gasteiger partial charge is 0.445 e. The van der Waals surface area contributed by atoms with Crippen LogP contribution in [-0.4, -0.2) is 27.5 Å². The summed E-state index contributed by atoms with van der Waals surface area (Å²) in [6.45, 7) is 5.17. The van der Waals surface area contributed by atoms with Gasteiger partial charge in [-0.05, 0) is 11.5 Å². The zero-order valence-electron chi connectivity index (χ0n) is 13.0. The van der Waals surface area contributed by atoms with Crippen LogP contribution in [0.2, 0.25) is 0 Å². The van der Waals surface area contributed by atoms with Crippen LogP contribution >= 0.6 is 0 Å². The molecule has 1 aromatic heterocycles. The van der Waals surface area contributed by atoms with E-state index in [-0.39, 0.29) is 12.1 Å². The van der Waals surface area contributed by atoms with E-state index in [4.69, 9.17) is 4.74 Å². The fraction of sp³-hybridized carbons (Fsp3) is 0.412. The average molecular weight is 299 g/mol. The number of amides is 1. The third-order valence-electron chi connectivity index (χ3n) is 4.04. The molecule has 1 aromatic carbocycles. The number of H-pyrrole nitrogens is 1. The Morgan fingerprint density at radius 1 is 1.41 bits per heavy atom. The molecule has 0 bridgehead atoms. The van der Waals surface area contributed by atoms with Gasteiger partial charge < -0.3 is 9.72 Å². The number of hydrogen-bond donors (Lipinski definition) is 1. The standard InChI is InChI=1S/C17H21N3O2/c1-12(2)16-15-14(18-11-19-15)8-9-20(16)17(21)22-10-13-6-4-3-5-7-13/h3-7,11-12,16H,8-10H2,1-2H3,(H,18,19). The van der Waals surface area contributed by atoms with E-state index < -0.39 is 0 Å². The summed E-state index contributed by atoms with van der Waals surface area (Å²) in [6, 6.07) is 9.74. The van der Waals surface area contributed by atoms with Crippen molar-refractivity contribution >= 4 is 6.09 Å². The normalized spacial score (nSPS) is 17.4. The van der Waals surface area contributed by atoms with Gasteiger partial charge in [0, 0.05) is 13.0 Å². The monoisotopic (exact) mass is 299 g/mol. The lowest BCUT2D eigenvalue weighted by molar-refractivity contribution is 0.0652. The number of rotatable bonds is 3. The number of fused-ring (bicyclic) bond motifs is 1. The first kappa shape index (κ1) is 14.6. The van der Waals surface area contributed by atoms with Crippen molar-refractivity contribution < 1.29 is 9.53 Å². The quantitative estimate of drug-likeness (QED) is 0.946. The van der Waals surface area contributed by atoms with E-state index in [2.05, 4.69) is 23.8 Å². The van der Waals surface area contributed by atoms with Crippen molar-refractivity contribution in [1.29, 1.82) is 0 Å². The summed E-state index contributed by atoms with van der Waals surface area (Å²) >= 11 is 0. The summed E-state index contributed by atoms with van der Waals surface area (Å²) < 4.78 is 5.49. The zero-order valence-corrected chi connectivity index (χ0v) is 13.0. The molecule has 1 atom stereocenters. The van der Waals surface area contributed by atoms with Crippen LogP contribution in [0.1, 0.15) is 36.8 Å². The number of nitrogens with zero attached hydrogens (tertiary/aromatic N) is 2. The average Bonchev–Trinajstić information content (AvgIpc) is 3.00. The van der Waals surface area contributed by atoms with Gasteiger partial charge in [-0.25, -0.2) is 9.78 Å². The summed E-state index contributed by atoms with van der Waals surface area (Å²) in [5.74, 6) is 0.295. The molecule has 0 saturated heterocycles. The van der Waals surface area contributed by atoms with Crippen LogP contribution in [-0.2, 0) is 17.8 Å². The molecular formula is C17H21N3O2. The molecule has 1 unspecified atom stereocenters. The van der Waals surface area contributed by atoms with E-state index in [1.165, 1.54) is 0 Å². The summed E-state index contributed by atoms with van der Waals surface area (Å²) in [5, 5.41) is 0. The van der Waals surface area contributed by atoms with E-state index in [9.17, 15) is 4.79 Å². The number of aromatic nitrogens is 2. The smallest absolute Gasteiger partial charge is 0.410 e. The van der Waals surface area contributed by atoms with Gasteiger partial charge in [-0.1, -0.05) is 44.2 Å². The molecular weight excluding hydrogens is 278 g/mol. The second-order valence-corrected chi connectivity index (χ2v) is 5.94. The van der Waals surface area contributed by atoms with Gasteiger partial charge in [0.25, 0.3) is 0 Å². The Balaban J connectivity index is 1.72. The molecule has 5 nitrogen and oxygen atoms in total. The predicted octanol–water partition coefficient (Wildman–Crippen LogP) is 3.30. The highest BCUT2D eigenvalue weighted by Gasteiger charge is 2.35. The molecule has 0 fully saturated rings. The van der Waals surface area contributed by atoms with E-state index in [0.717, 1.165) is 23.4 Å². The van der Waals surface area contributed by atoms with Crippen molar-refractivity contribution in [3.05, 3.63) is 53.6 Å². The summed E-state index contributed by atoms with van der Waals surface area (Å²) in [7, 11) is 0. The van der Waals surface area contributed by atoms with Gasteiger partial charge in [0.15, 0.2) is 0 Å². The van der Waals surface area contributed by atoms with Crippen LogP contribution in [0, 0.1) is 5.92 Å². The Bertz CT molecular complexity index is 636. The van der Waals surface area contributed by atoms with Crippen molar-refractivity contribution in [2.45, 2.75) is 32.9 Å². The first-order valence-electron chi connectivity index (χ1n) is 7.66. The molecule has 22 heavy (non-hydrogen) atoms. The molecule has 1 aliphatic rings. The molecule has 0 spiro atoms. The van der Waals surface area contributed by atoms with Crippen molar-refractivity contribution in [3.8, 4) is 0 Å². The van der Waals surface area contributed by atoms with Gasteiger partial charge in [-0.2, -0.15) is 0 Å². The Kier molecular flexibility index (Phi) is 4.13. The number of carbonyl (C=O) groups is 1. The highest BCUT2D eigenvalue weighted by Crippen LogP contribution is 2.33. The summed E-state index contributed by atoms with van der Waals surface area (Å²) in [5.41, 5.74) is 3.10. The first-order valence-corrected chi connectivity index (χ1v) is 7.66. The Morgan fingerprint density at radius 3 is 2.91 bits per heavy atom. The zero-order chi connectivity index (χ0) is 15.5. The van der Waals surface area contributed by atoms with Crippen molar-refractivity contribution in [1.82, 2.24) is 14.9 Å². The number of benzene rings is 1. The van der Waals surface area contributed by atoms with Gasteiger partial charge >= 0.3 is 6.09 Å². The molecule has 2 heterocycles. The Labute approximate surface area is 130 Å². The highest BCUT2D eigenvalue weighted by atomic mass is 16.6. The fourth-order valence-electron chi connectivity index (χ4n) is 3.01. The topological polar surface area (TPSA) is 58.2 Å². The Morgan fingerprint density at radius 2 is 2.18 bits per heavy atom. The number of ether oxygens (including phenoxy) is 1. The van der Waals surface area contributed by atoms with E-state index in [1.807, 2.05) is 35.2 Å². The Hall–Kier alpha value is -2.30. The third-order valence-corrected chi connectivity index (χ3v) is 4.04. The van der Waals surface area contributed by atoms with Gasteiger partial charge in [0.05, 0.1) is 23.8 Å². The van der Waals surface area contributed by atoms with Crippen molar-refractivity contribution in [2.24, 2.45) is 5.92 Å². The minimum atomic E-state index is -0.261. The van der Waals surface area contributed by atoms with Crippen LogP contribution in [0.15, 0.2) is 36.7 Å². The molecule has 0 radical (unpaired) electrons. The maximum Gasteiger partial charge on any atom is 0.410 e. The minimum Gasteiger partial charge on any atom is -0.445 e. The predicted molar refractivity (Wildman–Crippen MR) is 83.2 cm³/mol. The van der Waals surface area contributed by atoms with E-state index in [0.29, 0.717) is 19.1 Å². The minimum absolute atomic E-state index is 0.00507. The van der Waals surface area contributed by atoms with Crippen LogP contribution in [0.4, 0.5) is 4.79 Å². The van der Waals surface area contributed by atoms with E-state index in [1.54, 1.807) is 6.33 Å². The third kappa shape index (κ3) is 2.84. The molecule has 3 rings (SSSR count). The molecule has 1 aliphatic heterocycles. The van der Waals surface area contributed by atoms with Gasteiger partial charge in [0.2, 0.25) is 0 Å². The lowest BCUT2D eigenvalue weighted by atomic mass is 9.94. The number of aromatic amines is 1. The second-order valence-electron chi connectivity index (χ2n) is 5.94. The lowest BCUT2D eigenvalue weighted by Gasteiger charge is -2.36. The first-order chi connectivity index (χ1) is 10.7. The maximum atomic E-state index is 12.5. The number of imidazole rings is 1. The van der Waals surface area contributed by atoms with Crippen LogP contribution in [0.25, 0.3) is 0 Å². The van der Waals surface area contributed by atoms with Gasteiger partial charge in [-0.15, -0.1) is 0 Å². The van der Waals surface area contributed by atoms with Gasteiger partial charge in [-0.3, -0.25) is 4.90 Å². The molecule has 2 aromatic rings. The lowest BCUT2D eigenvalue weighted by Crippen LogP contribution is -2.42. The van der Waals surface area contributed by atoms with Crippen LogP contribution < -0.4 is 0 Å². The fourth-order valence-corrected chi connectivity index (χ4v) is 3.01. The van der Waals surface area contributed by atoms with Crippen LogP contribution in [0.5, 0.6) is 0 Å². The molecule has 5 heteroatoms. The molecule has 116 valence electrons. The molecule has 1 N–H and O–H groups in total. The SMILES string of the molecule is CC(C)C1c2[nH]cnc2CCN1C(=O)OCc1ccccc1. The van der Waals surface area contributed by atoms with E-state index >= 15 is 0 Å². The second kappa shape index (κ2) is 6.22. The number of hydrogen-bond acceptors (Lipinski definition) is 3. The number of carbonyl (C=O) groups excluding carboxylic acids is 1. The van der Waals surface area contributed by atoms with Crippen molar-refractivity contribution in [2.75, 3.05) is 6.54 Å². The molecule has 1 amide bonds. The summed E-state index contributed by atoms with van der Waals surface area (Å²) in [4.78, 5) is 21.8. The molecule has 0 saturated carbocycles.